The van der Waals surface area contributed by atoms with Crippen molar-refractivity contribution in [3.63, 3.8) is 0 Å². The minimum absolute atomic E-state index is 0.0187. The third-order valence-electron chi connectivity index (χ3n) is 16.3. The predicted octanol–water partition coefficient (Wildman–Crippen LogP) is 22.4. The smallest absolute Gasteiger partial charge is 0.123 e. The Kier molecular flexibility index (Phi) is 21.0. The average molecular weight is 1260 g/mol. The van der Waals surface area contributed by atoms with Gasteiger partial charge in [0.25, 0.3) is 0 Å². The summed E-state index contributed by atoms with van der Waals surface area (Å²) in [5.74, 6) is 4.21. The summed E-state index contributed by atoms with van der Waals surface area (Å²) >= 11 is 3.75. The molecular formula is C81H107BrO6. The lowest BCUT2D eigenvalue weighted by Gasteiger charge is -2.26. The van der Waals surface area contributed by atoms with Gasteiger partial charge in [0.05, 0.1) is 0 Å². The van der Waals surface area contributed by atoms with Crippen LogP contribution in [0.1, 0.15) is 250 Å². The maximum absolute atomic E-state index is 6.75. The Hall–Kier alpha value is -6.18. The van der Waals surface area contributed by atoms with Gasteiger partial charge in [0.15, 0.2) is 0 Å². The lowest BCUT2D eigenvalue weighted by Crippen LogP contribution is -2.17. The van der Waals surface area contributed by atoms with Crippen molar-refractivity contribution < 1.29 is 28.4 Å². The van der Waals surface area contributed by atoms with E-state index in [4.69, 9.17) is 28.4 Å². The SMILES string of the molecule is CC(C)(C)c1cc(COc2cc(COc3cc(CBr)cc(OCc4cc(OCc5cc(C(C)(C)C)cc(C(C)(C)C)c5)cc(OCc5cc(C(C)(C)C)cc(C(C)(C)C)c5)c4)c3)cc(OCc3cc(C(C)(C)C)cc(C(C)(C)C)c3)c2)cc(C(C)(C)C)c1. The monoisotopic (exact) mass is 1250 g/mol. The van der Waals surface area contributed by atoms with Gasteiger partial charge in [0.2, 0.25) is 0 Å². The molecule has 0 radical (unpaired) electrons. The Bertz CT molecular complexity index is 2970. The van der Waals surface area contributed by atoms with Gasteiger partial charge >= 0.3 is 0 Å². The van der Waals surface area contributed by atoms with Crippen molar-refractivity contribution in [2.45, 2.75) is 254 Å². The summed E-state index contributed by atoms with van der Waals surface area (Å²) in [6.07, 6.45) is 0. The van der Waals surface area contributed by atoms with Crippen LogP contribution in [0.15, 0.2) is 127 Å². The zero-order valence-corrected chi connectivity index (χ0v) is 60.0. The average Bonchev–Trinajstić information content (AvgIpc) is 2.00. The van der Waals surface area contributed by atoms with E-state index in [9.17, 15) is 0 Å². The fraction of sp³-hybridized carbons (Fsp3) is 0.481. The van der Waals surface area contributed by atoms with Crippen LogP contribution in [0.2, 0.25) is 0 Å². The lowest BCUT2D eigenvalue weighted by molar-refractivity contribution is 0.275. The van der Waals surface area contributed by atoms with Gasteiger partial charge in [-0.1, -0.05) is 255 Å². The zero-order valence-electron chi connectivity index (χ0n) is 58.4. The molecule has 0 saturated carbocycles. The van der Waals surface area contributed by atoms with Crippen LogP contribution in [0.25, 0.3) is 0 Å². The molecule has 7 aromatic carbocycles. The summed E-state index contributed by atoms with van der Waals surface area (Å²) in [6, 6.07) is 46.1. The Balaban J connectivity index is 1.18. The third kappa shape index (κ3) is 19.9. The van der Waals surface area contributed by atoms with Gasteiger partial charge in [0, 0.05) is 23.5 Å². The fourth-order valence-corrected chi connectivity index (χ4v) is 10.5. The van der Waals surface area contributed by atoms with Crippen molar-refractivity contribution in [1.29, 1.82) is 0 Å². The summed E-state index contributed by atoms with van der Waals surface area (Å²) in [5, 5.41) is 0.616. The van der Waals surface area contributed by atoms with E-state index in [1.54, 1.807) is 0 Å². The Morgan fingerprint density at radius 2 is 0.330 bits per heavy atom. The molecule has 0 aliphatic rings. The highest BCUT2D eigenvalue weighted by Gasteiger charge is 2.26. The van der Waals surface area contributed by atoms with Gasteiger partial charge < -0.3 is 28.4 Å². The van der Waals surface area contributed by atoms with Crippen LogP contribution < -0.4 is 28.4 Å². The summed E-state index contributed by atoms with van der Waals surface area (Å²) < 4.78 is 40.5. The van der Waals surface area contributed by atoms with E-state index < -0.39 is 0 Å². The molecule has 0 aliphatic heterocycles. The molecule has 0 bridgehead atoms. The van der Waals surface area contributed by atoms with E-state index in [1.165, 1.54) is 44.5 Å². The van der Waals surface area contributed by atoms with Crippen LogP contribution in [0.4, 0.5) is 0 Å². The molecule has 0 unspecified atom stereocenters. The zero-order chi connectivity index (χ0) is 65.2. The van der Waals surface area contributed by atoms with Gasteiger partial charge in [-0.25, -0.2) is 0 Å². The molecule has 0 saturated heterocycles. The van der Waals surface area contributed by atoms with E-state index in [2.05, 4.69) is 291 Å². The lowest BCUT2D eigenvalue weighted by atomic mass is 9.79. The Morgan fingerprint density at radius 3 is 0.466 bits per heavy atom. The highest BCUT2D eigenvalue weighted by molar-refractivity contribution is 9.08. The van der Waals surface area contributed by atoms with Crippen LogP contribution in [0.5, 0.6) is 34.5 Å². The summed E-state index contributed by atoms with van der Waals surface area (Å²) in [7, 11) is 0. The van der Waals surface area contributed by atoms with Gasteiger partial charge in [-0.2, -0.15) is 0 Å². The molecule has 474 valence electrons. The summed E-state index contributed by atoms with van der Waals surface area (Å²) in [5.41, 5.74) is 17.6. The quantitative estimate of drug-likeness (QED) is 0.0752. The highest BCUT2D eigenvalue weighted by atomic mass is 79.9. The topological polar surface area (TPSA) is 55.4 Å². The summed E-state index contributed by atoms with van der Waals surface area (Å²) in [4.78, 5) is 0. The molecule has 0 atom stereocenters. The molecule has 0 spiro atoms. The second-order valence-corrected chi connectivity index (χ2v) is 33.5. The number of hydrogen-bond acceptors (Lipinski definition) is 6. The van der Waals surface area contributed by atoms with Crippen LogP contribution in [-0.4, -0.2) is 0 Å². The molecule has 0 amide bonds. The number of alkyl halides is 1. The normalized spacial score (nSPS) is 12.9. The molecule has 7 heteroatoms. The van der Waals surface area contributed by atoms with E-state index >= 15 is 0 Å². The van der Waals surface area contributed by atoms with Gasteiger partial charge in [-0.3, -0.25) is 0 Å². The van der Waals surface area contributed by atoms with Crippen LogP contribution >= 0.6 is 15.9 Å². The van der Waals surface area contributed by atoms with Crippen molar-refractivity contribution in [2.24, 2.45) is 0 Å². The van der Waals surface area contributed by atoms with Crippen molar-refractivity contribution in [3.05, 3.63) is 211 Å². The van der Waals surface area contributed by atoms with Crippen LogP contribution in [0, 0.1) is 0 Å². The first kappa shape index (κ1) is 69.3. The van der Waals surface area contributed by atoms with Crippen molar-refractivity contribution in [2.75, 3.05) is 0 Å². The fourth-order valence-electron chi connectivity index (χ4n) is 10.2. The number of benzene rings is 7. The van der Waals surface area contributed by atoms with Crippen molar-refractivity contribution >= 4 is 15.9 Å². The van der Waals surface area contributed by atoms with E-state index in [0.717, 1.165) is 38.9 Å². The Labute approximate surface area is 541 Å². The molecule has 0 aliphatic carbocycles. The number of rotatable bonds is 19. The number of halogens is 1. The second-order valence-electron chi connectivity index (χ2n) is 33.0. The third-order valence-corrected chi connectivity index (χ3v) is 17.0. The number of ether oxygens (including phenoxy) is 6. The van der Waals surface area contributed by atoms with Crippen molar-refractivity contribution in [3.8, 4) is 34.5 Å². The molecule has 6 nitrogen and oxygen atoms in total. The van der Waals surface area contributed by atoms with E-state index in [1.807, 2.05) is 18.2 Å². The van der Waals surface area contributed by atoms with Gasteiger partial charge in [-0.05, 0) is 163 Å². The Morgan fingerprint density at radius 1 is 0.193 bits per heavy atom. The molecule has 0 heterocycles. The maximum Gasteiger partial charge on any atom is 0.123 e. The largest absolute Gasteiger partial charge is 0.489 e. The number of hydrogen-bond donors (Lipinski definition) is 0. The molecule has 0 fully saturated rings. The van der Waals surface area contributed by atoms with Crippen molar-refractivity contribution in [1.82, 2.24) is 0 Å². The molecular weight excluding hydrogens is 1150 g/mol. The van der Waals surface area contributed by atoms with E-state index in [0.29, 0.717) is 66.3 Å². The molecule has 7 rings (SSSR count). The molecule has 0 N–H and O–H groups in total. The maximum atomic E-state index is 6.75. The minimum Gasteiger partial charge on any atom is -0.489 e. The van der Waals surface area contributed by atoms with Crippen LogP contribution in [-0.2, 0) is 88.3 Å². The first-order valence-electron chi connectivity index (χ1n) is 31.8. The molecule has 7 aromatic rings. The molecule has 88 heavy (non-hydrogen) atoms. The summed E-state index contributed by atoms with van der Waals surface area (Å²) in [6.45, 7) is 56.6. The molecule has 0 aromatic heterocycles. The van der Waals surface area contributed by atoms with Gasteiger partial charge in [0.1, 0.15) is 74.1 Å². The van der Waals surface area contributed by atoms with E-state index in [-0.39, 0.29) is 56.5 Å². The minimum atomic E-state index is -0.0187. The second kappa shape index (κ2) is 26.7. The standard InChI is InChI=1S/C81H107BrO6/c1-74(2,3)60-25-54(26-61(39-60)75(4,5)6)47-83-70-35-58(36-71(44-70)84-48-55-27-62(76(7,8)9)40-63(28-55)77(10,11)12)51-87-68-33-53(46-82)34-69(43-68)88-52-59-37-72(85-49-56-29-64(78(13,14)15)41-65(30-56)79(16,17)18)45-73(38-59)86-50-57-31-66(80(19,20)21)42-67(32-57)81(22,23)24/h25-45H,46-52H2,1-24H3. The highest BCUT2D eigenvalue weighted by Crippen LogP contribution is 2.38. The predicted molar refractivity (Wildman–Crippen MR) is 373 cm³/mol. The van der Waals surface area contributed by atoms with Crippen LogP contribution in [0.3, 0.4) is 0 Å². The first-order chi connectivity index (χ1) is 40.5. The first-order valence-corrected chi connectivity index (χ1v) is 32.9. The van der Waals surface area contributed by atoms with Gasteiger partial charge in [-0.15, -0.1) is 0 Å².